The number of ether oxygens (including phenoxy) is 1. The Kier molecular flexibility index (Phi) is 9.48. The van der Waals surface area contributed by atoms with Crippen LogP contribution in [0.2, 0.25) is 0 Å². The molecule has 1 aromatic heterocycles. The zero-order chi connectivity index (χ0) is 27.8. The second-order valence-electron chi connectivity index (χ2n) is 8.88. The van der Waals surface area contributed by atoms with Crippen molar-refractivity contribution in [3.63, 3.8) is 0 Å². The first-order chi connectivity index (χ1) is 18.8. The van der Waals surface area contributed by atoms with Crippen LogP contribution < -0.4 is 9.46 Å². The first kappa shape index (κ1) is 28.4. The molecule has 6 nitrogen and oxygen atoms in total. The van der Waals surface area contributed by atoms with Gasteiger partial charge in [0.1, 0.15) is 24.7 Å². The fourth-order valence-electron chi connectivity index (χ4n) is 4.28. The summed E-state index contributed by atoms with van der Waals surface area (Å²) in [6.45, 7) is 1.37. The minimum atomic E-state index is -4.03. The summed E-state index contributed by atoms with van der Waals surface area (Å²) >= 11 is 3.54. The molecule has 1 aliphatic carbocycles. The van der Waals surface area contributed by atoms with Crippen molar-refractivity contribution in [2.45, 2.75) is 31.1 Å². The van der Waals surface area contributed by atoms with Gasteiger partial charge in [0.2, 0.25) is 0 Å². The van der Waals surface area contributed by atoms with Gasteiger partial charge in [-0.25, -0.2) is 22.5 Å². The molecule has 9 heteroatoms. The summed E-state index contributed by atoms with van der Waals surface area (Å²) < 4.78 is 47.7. The maximum Gasteiger partial charge on any atom is 0.283 e. The summed E-state index contributed by atoms with van der Waals surface area (Å²) in [6, 6.07) is 18.4. The molecule has 0 unspecified atom stereocenters. The van der Waals surface area contributed by atoms with Gasteiger partial charge in [-0.2, -0.15) is 0 Å². The van der Waals surface area contributed by atoms with Crippen LogP contribution in [0.4, 0.5) is 4.39 Å². The molecule has 0 saturated heterocycles. The van der Waals surface area contributed by atoms with E-state index in [4.69, 9.17) is 4.74 Å². The van der Waals surface area contributed by atoms with E-state index in [2.05, 4.69) is 25.6 Å². The average molecular weight is 612 g/mol. The molecule has 3 aromatic rings. The number of nitrogens with one attached hydrogen (secondary N) is 1. The number of benzene rings is 2. The van der Waals surface area contributed by atoms with Gasteiger partial charge in [-0.3, -0.25) is 4.79 Å². The number of rotatable bonds is 10. The topological polar surface area (TPSA) is 85.4 Å². The van der Waals surface area contributed by atoms with Gasteiger partial charge in [0.25, 0.3) is 15.9 Å². The zero-order valence-electron chi connectivity index (χ0n) is 21.4. The summed E-state index contributed by atoms with van der Waals surface area (Å²) in [7, 11) is -4.03. The third-order valence-electron chi connectivity index (χ3n) is 6.17. The predicted molar refractivity (Wildman–Crippen MR) is 155 cm³/mol. The normalized spacial score (nSPS) is 14.2. The monoisotopic (exact) mass is 610 g/mol. The third-order valence-corrected chi connectivity index (χ3v) is 8.01. The van der Waals surface area contributed by atoms with E-state index in [1.807, 2.05) is 37.3 Å². The maximum absolute atomic E-state index is 13.5. The number of sulfonamides is 1. The van der Waals surface area contributed by atoms with Crippen molar-refractivity contribution in [2.24, 2.45) is 0 Å². The van der Waals surface area contributed by atoms with Crippen LogP contribution in [0.1, 0.15) is 47.9 Å². The Hall–Kier alpha value is -3.56. The van der Waals surface area contributed by atoms with Gasteiger partial charge >= 0.3 is 0 Å². The first-order valence-electron chi connectivity index (χ1n) is 12.4. The van der Waals surface area contributed by atoms with Crippen LogP contribution in [0.5, 0.6) is 5.75 Å². The lowest BCUT2D eigenvalue weighted by atomic mass is 9.99. The van der Waals surface area contributed by atoms with E-state index in [0.717, 1.165) is 40.4 Å². The van der Waals surface area contributed by atoms with Crippen LogP contribution in [-0.4, -0.2) is 32.6 Å². The SMILES string of the molecule is C/C=C\C=C(/CF)COc1ccc(Br)cc1C1=C(c2cccc(C(=O)NS(=O)(=O)c3ccccc3)n2)CCC1. The number of carbonyl (C=O) groups excluding carboxylic acids is 1. The van der Waals surface area contributed by atoms with Crippen molar-refractivity contribution >= 4 is 43.0 Å². The number of carbonyl (C=O) groups is 1. The quantitative estimate of drug-likeness (QED) is 0.252. The number of nitrogens with zero attached hydrogens (tertiary/aromatic N) is 1. The predicted octanol–water partition coefficient (Wildman–Crippen LogP) is 6.91. The third kappa shape index (κ3) is 7.10. The van der Waals surface area contributed by atoms with E-state index in [1.54, 1.807) is 36.4 Å². The van der Waals surface area contributed by atoms with Crippen molar-refractivity contribution in [2.75, 3.05) is 13.3 Å². The largest absolute Gasteiger partial charge is 0.489 e. The van der Waals surface area contributed by atoms with Crippen molar-refractivity contribution in [3.05, 3.63) is 112 Å². The van der Waals surface area contributed by atoms with E-state index in [0.29, 0.717) is 17.0 Å². The van der Waals surface area contributed by atoms with Crippen molar-refractivity contribution in [1.82, 2.24) is 9.71 Å². The highest BCUT2D eigenvalue weighted by Gasteiger charge is 2.24. The lowest BCUT2D eigenvalue weighted by Crippen LogP contribution is -2.31. The molecule has 0 aliphatic heterocycles. The molecule has 4 rings (SSSR count). The van der Waals surface area contributed by atoms with Gasteiger partial charge in [0.15, 0.2) is 0 Å². The number of pyridine rings is 1. The molecule has 0 radical (unpaired) electrons. The highest BCUT2D eigenvalue weighted by Crippen LogP contribution is 2.43. The minimum absolute atomic E-state index is 0.00169. The van der Waals surface area contributed by atoms with Crippen LogP contribution in [0.3, 0.4) is 0 Å². The van der Waals surface area contributed by atoms with Crippen molar-refractivity contribution in [3.8, 4) is 5.75 Å². The molecular weight excluding hydrogens is 583 g/mol. The standard InChI is InChI=1S/C30H28BrFN2O4S/c1-2-3-9-21(19-32)20-38-29-17-16-22(31)18-26(29)24-12-7-13-25(24)27-14-8-15-28(33-27)30(35)34-39(36,37)23-10-5-4-6-11-23/h2-6,8-11,14-18H,7,12-13,19-20H2,1H3,(H,34,35)/b3-2-,21-9+. The Morgan fingerprint density at radius 3 is 2.59 bits per heavy atom. The van der Waals surface area contributed by atoms with Crippen molar-refractivity contribution < 1.29 is 22.3 Å². The summed E-state index contributed by atoms with van der Waals surface area (Å²) in [5.74, 6) is -0.186. The van der Waals surface area contributed by atoms with E-state index in [1.165, 1.54) is 18.2 Å². The smallest absolute Gasteiger partial charge is 0.283 e. The lowest BCUT2D eigenvalue weighted by Gasteiger charge is -2.15. The van der Waals surface area contributed by atoms with Gasteiger partial charge < -0.3 is 4.74 Å². The van der Waals surface area contributed by atoms with Gasteiger partial charge in [-0.15, -0.1) is 0 Å². The van der Waals surface area contributed by atoms with E-state index in [9.17, 15) is 17.6 Å². The lowest BCUT2D eigenvalue weighted by molar-refractivity contribution is 0.0976. The number of halogens is 2. The molecule has 2 aromatic carbocycles. The molecule has 0 atom stereocenters. The molecule has 0 spiro atoms. The van der Waals surface area contributed by atoms with Crippen LogP contribution in [-0.2, 0) is 10.0 Å². The Morgan fingerprint density at radius 2 is 1.85 bits per heavy atom. The molecule has 0 fully saturated rings. The van der Waals surface area contributed by atoms with Crippen LogP contribution >= 0.6 is 15.9 Å². The van der Waals surface area contributed by atoms with E-state index in [-0.39, 0.29) is 17.2 Å². The van der Waals surface area contributed by atoms with Gasteiger partial charge in [-0.05, 0) is 85.4 Å². The summed E-state index contributed by atoms with van der Waals surface area (Å²) in [5, 5.41) is 0. The number of amides is 1. The second kappa shape index (κ2) is 13.0. The van der Waals surface area contributed by atoms with Crippen LogP contribution in [0.15, 0.2) is 99.9 Å². The summed E-state index contributed by atoms with van der Waals surface area (Å²) in [4.78, 5) is 17.4. The van der Waals surface area contributed by atoms with Gasteiger partial charge in [0.05, 0.1) is 10.6 Å². The summed E-state index contributed by atoms with van der Waals surface area (Å²) in [5.41, 5.74) is 3.95. The molecule has 0 saturated carbocycles. The zero-order valence-corrected chi connectivity index (χ0v) is 23.8. The fraction of sp³-hybridized carbons (Fsp3) is 0.200. The fourth-order valence-corrected chi connectivity index (χ4v) is 5.63. The van der Waals surface area contributed by atoms with E-state index < -0.39 is 22.6 Å². The van der Waals surface area contributed by atoms with Gasteiger partial charge in [-0.1, -0.05) is 58.4 Å². The Balaban J connectivity index is 1.64. The van der Waals surface area contributed by atoms with E-state index >= 15 is 0 Å². The van der Waals surface area contributed by atoms with Gasteiger partial charge in [0, 0.05) is 10.0 Å². The highest BCUT2D eigenvalue weighted by molar-refractivity contribution is 9.10. The Labute approximate surface area is 236 Å². The van der Waals surface area contributed by atoms with Crippen molar-refractivity contribution in [1.29, 1.82) is 0 Å². The highest BCUT2D eigenvalue weighted by atomic mass is 79.9. The number of alkyl halides is 1. The first-order valence-corrected chi connectivity index (χ1v) is 14.7. The molecule has 1 N–H and O–H groups in total. The molecule has 1 heterocycles. The summed E-state index contributed by atoms with van der Waals surface area (Å²) in [6.07, 6.45) is 7.70. The second-order valence-corrected chi connectivity index (χ2v) is 11.5. The molecular formula is C30H28BrFN2O4S. The van der Waals surface area contributed by atoms with Crippen LogP contribution in [0.25, 0.3) is 11.1 Å². The number of aromatic nitrogens is 1. The van der Waals surface area contributed by atoms with Crippen LogP contribution in [0, 0.1) is 0 Å². The average Bonchev–Trinajstić information content (AvgIpc) is 3.44. The molecule has 1 aliphatic rings. The number of allylic oxidation sites excluding steroid dienone is 5. The maximum atomic E-state index is 13.5. The Morgan fingerprint density at radius 1 is 1.08 bits per heavy atom. The molecule has 1 amide bonds. The minimum Gasteiger partial charge on any atom is -0.489 e. The molecule has 0 bridgehead atoms. The number of hydrogen-bond acceptors (Lipinski definition) is 5. The Bertz CT molecular complexity index is 1550. The molecule has 202 valence electrons. The molecule has 39 heavy (non-hydrogen) atoms. The number of hydrogen-bond donors (Lipinski definition) is 1.